The number of anilines is 2. The van der Waals surface area contributed by atoms with Crippen LogP contribution in [0.5, 0.6) is 0 Å². The van der Waals surface area contributed by atoms with Crippen molar-refractivity contribution >= 4 is 22.3 Å². The molecular formula is C17H23N3. The lowest BCUT2D eigenvalue weighted by Gasteiger charge is -2.39. The zero-order valence-electron chi connectivity index (χ0n) is 12.3. The zero-order valence-corrected chi connectivity index (χ0v) is 12.3. The van der Waals surface area contributed by atoms with Crippen LogP contribution in [-0.2, 0) is 0 Å². The molecule has 106 valence electrons. The van der Waals surface area contributed by atoms with Crippen LogP contribution in [0.4, 0.5) is 11.4 Å². The molecular weight excluding hydrogens is 246 g/mol. The molecule has 0 bridgehead atoms. The number of rotatable bonds is 2. The van der Waals surface area contributed by atoms with Gasteiger partial charge in [0.1, 0.15) is 0 Å². The van der Waals surface area contributed by atoms with Gasteiger partial charge in [-0.3, -0.25) is 4.98 Å². The van der Waals surface area contributed by atoms with E-state index in [0.29, 0.717) is 11.5 Å². The second-order valence-corrected chi connectivity index (χ2v) is 6.57. The Hall–Kier alpha value is -1.77. The summed E-state index contributed by atoms with van der Waals surface area (Å²) in [4.78, 5) is 4.41. The molecule has 0 saturated heterocycles. The van der Waals surface area contributed by atoms with Crippen LogP contribution in [0.2, 0.25) is 0 Å². The van der Waals surface area contributed by atoms with E-state index in [1.54, 1.807) is 0 Å². The van der Waals surface area contributed by atoms with Gasteiger partial charge in [0.15, 0.2) is 0 Å². The van der Waals surface area contributed by atoms with Gasteiger partial charge in [-0.1, -0.05) is 26.7 Å². The van der Waals surface area contributed by atoms with Crippen molar-refractivity contribution in [2.24, 2.45) is 5.41 Å². The number of aromatic nitrogens is 1. The standard InChI is InChI=1S/C17H23N3/c1-17(2)9-4-3-5-16(17)20-14-8-10-19-15-11-12(18)6-7-13(14)15/h6-8,10-11,16H,3-5,9,18H2,1-2H3,(H,19,20). The van der Waals surface area contributed by atoms with Crippen LogP contribution in [0.1, 0.15) is 39.5 Å². The van der Waals surface area contributed by atoms with Crippen molar-refractivity contribution < 1.29 is 0 Å². The number of pyridine rings is 1. The van der Waals surface area contributed by atoms with Gasteiger partial charge in [0, 0.05) is 29.0 Å². The molecule has 1 unspecified atom stereocenters. The maximum absolute atomic E-state index is 5.84. The van der Waals surface area contributed by atoms with E-state index < -0.39 is 0 Å². The minimum Gasteiger partial charge on any atom is -0.399 e. The SMILES string of the molecule is CC1(C)CCCCC1Nc1ccnc2cc(N)ccc12. The first kappa shape index (κ1) is 13.2. The Kier molecular flexibility index (Phi) is 3.28. The smallest absolute Gasteiger partial charge is 0.0743 e. The van der Waals surface area contributed by atoms with Crippen LogP contribution < -0.4 is 11.1 Å². The van der Waals surface area contributed by atoms with Crippen LogP contribution >= 0.6 is 0 Å². The Morgan fingerprint density at radius 2 is 2.10 bits per heavy atom. The Bertz CT molecular complexity index is 619. The number of hydrogen-bond donors (Lipinski definition) is 2. The van der Waals surface area contributed by atoms with E-state index in [1.165, 1.54) is 31.4 Å². The Morgan fingerprint density at radius 3 is 2.90 bits per heavy atom. The van der Waals surface area contributed by atoms with Gasteiger partial charge in [-0.25, -0.2) is 0 Å². The van der Waals surface area contributed by atoms with Gasteiger partial charge in [0.25, 0.3) is 0 Å². The summed E-state index contributed by atoms with van der Waals surface area (Å²) in [7, 11) is 0. The second-order valence-electron chi connectivity index (χ2n) is 6.57. The molecule has 2 aromatic rings. The molecule has 3 heteroatoms. The molecule has 3 rings (SSSR count). The molecule has 0 amide bonds. The molecule has 1 aromatic heterocycles. The van der Waals surface area contributed by atoms with Crippen molar-refractivity contribution in [2.45, 2.75) is 45.6 Å². The summed E-state index contributed by atoms with van der Waals surface area (Å²) in [6.45, 7) is 4.73. The molecule has 1 atom stereocenters. The lowest BCUT2D eigenvalue weighted by molar-refractivity contribution is 0.217. The molecule has 0 aliphatic heterocycles. The van der Waals surface area contributed by atoms with Crippen molar-refractivity contribution in [3.05, 3.63) is 30.5 Å². The number of hydrogen-bond acceptors (Lipinski definition) is 3. The first-order chi connectivity index (χ1) is 9.56. The molecule has 1 heterocycles. The van der Waals surface area contributed by atoms with Crippen molar-refractivity contribution in [2.75, 3.05) is 11.1 Å². The fraction of sp³-hybridized carbons (Fsp3) is 0.471. The minimum atomic E-state index is 0.349. The lowest BCUT2D eigenvalue weighted by Crippen LogP contribution is -2.38. The summed E-state index contributed by atoms with van der Waals surface area (Å²) in [5.41, 5.74) is 9.09. The van der Waals surface area contributed by atoms with Crippen LogP contribution in [0.3, 0.4) is 0 Å². The van der Waals surface area contributed by atoms with E-state index in [9.17, 15) is 0 Å². The number of nitrogens with two attached hydrogens (primary N) is 1. The largest absolute Gasteiger partial charge is 0.399 e. The maximum atomic E-state index is 5.84. The van der Waals surface area contributed by atoms with Crippen molar-refractivity contribution in [1.29, 1.82) is 0 Å². The highest BCUT2D eigenvalue weighted by molar-refractivity contribution is 5.92. The first-order valence-corrected chi connectivity index (χ1v) is 7.47. The van der Waals surface area contributed by atoms with E-state index in [0.717, 1.165) is 16.6 Å². The number of nitrogens with zero attached hydrogens (tertiary/aromatic N) is 1. The molecule has 1 saturated carbocycles. The Balaban J connectivity index is 1.94. The van der Waals surface area contributed by atoms with E-state index in [1.807, 2.05) is 18.3 Å². The highest BCUT2D eigenvalue weighted by atomic mass is 14.9. The van der Waals surface area contributed by atoms with E-state index in [-0.39, 0.29) is 0 Å². The summed E-state index contributed by atoms with van der Waals surface area (Å²) in [6.07, 6.45) is 7.06. The van der Waals surface area contributed by atoms with Gasteiger partial charge >= 0.3 is 0 Å². The monoisotopic (exact) mass is 269 g/mol. The highest BCUT2D eigenvalue weighted by Gasteiger charge is 2.32. The Labute approximate surface area is 120 Å². The van der Waals surface area contributed by atoms with E-state index >= 15 is 0 Å². The van der Waals surface area contributed by atoms with Crippen LogP contribution in [0.25, 0.3) is 10.9 Å². The first-order valence-electron chi connectivity index (χ1n) is 7.47. The van der Waals surface area contributed by atoms with Crippen molar-refractivity contribution in [3.8, 4) is 0 Å². The maximum Gasteiger partial charge on any atom is 0.0743 e. The van der Waals surface area contributed by atoms with Gasteiger partial charge in [0.05, 0.1) is 5.52 Å². The fourth-order valence-electron chi connectivity index (χ4n) is 3.24. The van der Waals surface area contributed by atoms with Crippen molar-refractivity contribution in [1.82, 2.24) is 4.98 Å². The van der Waals surface area contributed by atoms with Gasteiger partial charge < -0.3 is 11.1 Å². The molecule has 1 aromatic carbocycles. The predicted molar refractivity (Wildman–Crippen MR) is 85.8 cm³/mol. The quantitative estimate of drug-likeness (QED) is 0.803. The molecule has 0 radical (unpaired) electrons. The second kappa shape index (κ2) is 4.97. The summed E-state index contributed by atoms with van der Waals surface area (Å²) < 4.78 is 0. The molecule has 1 fully saturated rings. The number of fused-ring (bicyclic) bond motifs is 1. The zero-order chi connectivity index (χ0) is 14.2. The van der Waals surface area contributed by atoms with Crippen molar-refractivity contribution in [3.63, 3.8) is 0 Å². The van der Waals surface area contributed by atoms with Crippen LogP contribution in [0, 0.1) is 5.41 Å². The molecule has 1 aliphatic carbocycles. The lowest BCUT2D eigenvalue weighted by atomic mass is 9.73. The minimum absolute atomic E-state index is 0.349. The van der Waals surface area contributed by atoms with Crippen LogP contribution in [0.15, 0.2) is 30.5 Å². The third kappa shape index (κ3) is 2.45. The molecule has 20 heavy (non-hydrogen) atoms. The normalized spacial score (nSPS) is 21.8. The van der Waals surface area contributed by atoms with Gasteiger partial charge in [-0.2, -0.15) is 0 Å². The van der Waals surface area contributed by atoms with Gasteiger partial charge in [-0.15, -0.1) is 0 Å². The van der Waals surface area contributed by atoms with Gasteiger partial charge in [-0.05, 0) is 42.5 Å². The van der Waals surface area contributed by atoms with E-state index in [2.05, 4.69) is 36.3 Å². The third-order valence-electron chi connectivity index (χ3n) is 4.60. The van der Waals surface area contributed by atoms with Crippen LogP contribution in [-0.4, -0.2) is 11.0 Å². The molecule has 0 spiro atoms. The number of nitrogen functional groups attached to an aromatic ring is 1. The number of benzene rings is 1. The summed E-state index contributed by atoms with van der Waals surface area (Å²) in [5.74, 6) is 0. The third-order valence-corrected chi connectivity index (χ3v) is 4.60. The van der Waals surface area contributed by atoms with E-state index in [4.69, 9.17) is 5.73 Å². The molecule has 3 N–H and O–H groups in total. The molecule has 3 nitrogen and oxygen atoms in total. The van der Waals surface area contributed by atoms with Gasteiger partial charge in [0.2, 0.25) is 0 Å². The predicted octanol–water partition coefficient (Wildman–Crippen LogP) is 4.20. The summed E-state index contributed by atoms with van der Waals surface area (Å²) in [6, 6.07) is 8.55. The highest BCUT2D eigenvalue weighted by Crippen LogP contribution is 2.38. The average molecular weight is 269 g/mol. The summed E-state index contributed by atoms with van der Waals surface area (Å²) >= 11 is 0. The Morgan fingerprint density at radius 1 is 1.25 bits per heavy atom. The molecule has 1 aliphatic rings. The fourth-order valence-corrected chi connectivity index (χ4v) is 3.24. The average Bonchev–Trinajstić information content (AvgIpc) is 2.41. The number of nitrogens with one attached hydrogen (secondary N) is 1. The summed E-state index contributed by atoms with van der Waals surface area (Å²) in [5, 5.41) is 4.91. The topological polar surface area (TPSA) is 50.9 Å².